The number of carbonyl (C=O) groups is 1. The van der Waals surface area contributed by atoms with Crippen molar-refractivity contribution in [3.05, 3.63) is 22.2 Å². The fourth-order valence-electron chi connectivity index (χ4n) is 1.17. The van der Waals surface area contributed by atoms with Crippen molar-refractivity contribution in [2.75, 3.05) is 0 Å². The van der Waals surface area contributed by atoms with Crippen molar-refractivity contribution in [2.45, 2.75) is 26.5 Å². The maximum absolute atomic E-state index is 10.5. The van der Waals surface area contributed by atoms with Crippen LogP contribution in [0, 0.1) is 5.41 Å². The number of hydrogen-bond acceptors (Lipinski definition) is 3. The summed E-state index contributed by atoms with van der Waals surface area (Å²) >= 11 is 3.28. The first-order chi connectivity index (χ1) is 7.40. The van der Waals surface area contributed by atoms with Gasteiger partial charge in [-0.2, -0.15) is 0 Å². The third-order valence-corrected chi connectivity index (χ3v) is 2.35. The third kappa shape index (κ3) is 3.37. The zero-order valence-electron chi connectivity index (χ0n) is 9.03. The van der Waals surface area contributed by atoms with Crippen LogP contribution in [-0.4, -0.2) is 21.7 Å². The maximum atomic E-state index is 10.5. The molecule has 0 radical (unpaired) electrons. The summed E-state index contributed by atoms with van der Waals surface area (Å²) in [5.74, 6) is -0.440. The molecule has 0 unspecified atom stereocenters. The lowest BCUT2D eigenvalue weighted by Crippen LogP contribution is -2.24. The Morgan fingerprint density at radius 3 is 2.81 bits per heavy atom. The van der Waals surface area contributed by atoms with Gasteiger partial charge in [0.2, 0.25) is 0 Å². The summed E-state index contributed by atoms with van der Waals surface area (Å²) < 4.78 is 7.41. The Bertz CT molecular complexity index is 454. The van der Waals surface area contributed by atoms with E-state index in [0.717, 1.165) is 0 Å². The van der Waals surface area contributed by atoms with Crippen LogP contribution in [0.3, 0.4) is 0 Å². The smallest absolute Gasteiger partial charge is 0.323 e. The number of carboxylic acids is 1. The number of nitrogens with one attached hydrogen (secondary N) is 1. The molecule has 0 atom stereocenters. The van der Waals surface area contributed by atoms with Gasteiger partial charge < -0.3 is 14.4 Å². The minimum Gasteiger partial charge on any atom is -0.490 e. The highest BCUT2D eigenvalue weighted by molar-refractivity contribution is 9.10. The largest absolute Gasteiger partial charge is 0.490 e. The van der Waals surface area contributed by atoms with E-state index in [2.05, 4.69) is 15.9 Å². The number of ether oxygens (including phenoxy) is 1. The molecule has 2 N–H and O–H groups in total. The van der Waals surface area contributed by atoms with E-state index in [-0.39, 0.29) is 18.1 Å². The molecule has 1 aromatic rings. The second kappa shape index (κ2) is 5.16. The van der Waals surface area contributed by atoms with Gasteiger partial charge >= 0.3 is 5.97 Å². The molecule has 0 aliphatic carbocycles. The van der Waals surface area contributed by atoms with E-state index in [1.54, 1.807) is 0 Å². The first-order valence-electron chi connectivity index (χ1n) is 4.73. The molecular formula is C10H13BrN2O3. The van der Waals surface area contributed by atoms with Crippen LogP contribution in [0.1, 0.15) is 13.8 Å². The number of hydrogen-bond donors (Lipinski definition) is 2. The van der Waals surface area contributed by atoms with Crippen molar-refractivity contribution < 1.29 is 14.6 Å². The Kier molecular flexibility index (Phi) is 4.12. The minimum atomic E-state index is -0.983. The van der Waals surface area contributed by atoms with Gasteiger partial charge in [-0.3, -0.25) is 10.2 Å². The van der Waals surface area contributed by atoms with Crippen LogP contribution in [0.4, 0.5) is 0 Å². The number of rotatable bonds is 4. The third-order valence-electron chi connectivity index (χ3n) is 1.75. The average molecular weight is 289 g/mol. The minimum absolute atomic E-state index is 0.00558. The molecule has 0 saturated heterocycles. The molecule has 1 rings (SSSR count). The number of halogens is 1. The first-order valence-corrected chi connectivity index (χ1v) is 5.52. The van der Waals surface area contributed by atoms with Crippen LogP contribution < -0.4 is 10.2 Å². The number of aliphatic carboxylic acids is 1. The highest BCUT2D eigenvalue weighted by Crippen LogP contribution is 2.23. The van der Waals surface area contributed by atoms with Crippen molar-refractivity contribution >= 4 is 21.9 Å². The second-order valence-corrected chi connectivity index (χ2v) is 4.41. The fourth-order valence-corrected chi connectivity index (χ4v) is 1.62. The summed E-state index contributed by atoms with van der Waals surface area (Å²) in [5, 5.41) is 16.3. The number of pyridine rings is 1. The van der Waals surface area contributed by atoms with Gasteiger partial charge in [0.25, 0.3) is 0 Å². The lowest BCUT2D eigenvalue weighted by molar-refractivity contribution is -0.137. The van der Waals surface area contributed by atoms with Gasteiger partial charge in [-0.1, -0.05) is 0 Å². The van der Waals surface area contributed by atoms with Crippen LogP contribution in [0.15, 0.2) is 16.7 Å². The van der Waals surface area contributed by atoms with Gasteiger partial charge in [0.1, 0.15) is 17.8 Å². The Morgan fingerprint density at radius 1 is 1.69 bits per heavy atom. The molecule has 0 saturated carbocycles. The summed E-state index contributed by atoms with van der Waals surface area (Å²) in [4.78, 5) is 10.5. The van der Waals surface area contributed by atoms with E-state index < -0.39 is 5.97 Å². The topological polar surface area (TPSA) is 75.3 Å². The van der Waals surface area contributed by atoms with Gasteiger partial charge in [0.15, 0.2) is 0 Å². The number of carboxylic acid groups (broad SMARTS) is 1. The number of nitrogens with zero attached hydrogens (tertiary/aromatic N) is 1. The van der Waals surface area contributed by atoms with Crippen molar-refractivity contribution in [3.8, 4) is 5.75 Å². The fraction of sp³-hybridized carbons (Fsp3) is 0.400. The van der Waals surface area contributed by atoms with E-state index in [9.17, 15) is 4.79 Å². The summed E-state index contributed by atoms with van der Waals surface area (Å²) in [6.45, 7) is 3.53. The van der Waals surface area contributed by atoms with Crippen molar-refractivity contribution in [1.82, 2.24) is 4.57 Å². The van der Waals surface area contributed by atoms with E-state index in [1.807, 2.05) is 13.8 Å². The number of aromatic nitrogens is 1. The second-order valence-electron chi connectivity index (χ2n) is 3.56. The van der Waals surface area contributed by atoms with Crippen LogP contribution in [-0.2, 0) is 11.3 Å². The Hall–Kier alpha value is -1.30. The normalized spacial score (nSPS) is 10.5. The van der Waals surface area contributed by atoms with E-state index in [1.165, 1.54) is 16.8 Å². The molecule has 0 spiro atoms. The van der Waals surface area contributed by atoms with Gasteiger partial charge in [0, 0.05) is 12.3 Å². The predicted octanol–water partition coefficient (Wildman–Crippen LogP) is 1.60. The predicted molar refractivity (Wildman–Crippen MR) is 61.4 cm³/mol. The van der Waals surface area contributed by atoms with E-state index in [0.29, 0.717) is 10.2 Å². The molecule has 0 aromatic carbocycles. The molecule has 0 amide bonds. The Labute approximate surface area is 101 Å². The van der Waals surface area contributed by atoms with Crippen LogP contribution in [0.2, 0.25) is 0 Å². The van der Waals surface area contributed by atoms with Gasteiger partial charge in [-0.05, 0) is 29.8 Å². The zero-order chi connectivity index (χ0) is 12.3. The monoisotopic (exact) mass is 288 g/mol. The van der Waals surface area contributed by atoms with Crippen molar-refractivity contribution in [3.63, 3.8) is 0 Å². The van der Waals surface area contributed by atoms with E-state index in [4.69, 9.17) is 15.3 Å². The highest BCUT2D eigenvalue weighted by atomic mass is 79.9. The van der Waals surface area contributed by atoms with Crippen LogP contribution in [0.25, 0.3) is 0 Å². The zero-order valence-corrected chi connectivity index (χ0v) is 10.6. The SMILES string of the molecule is CC(C)Oc1cc(=N)n(CC(=O)O)cc1Br. The molecule has 0 bridgehead atoms. The highest BCUT2D eigenvalue weighted by Gasteiger charge is 2.07. The van der Waals surface area contributed by atoms with Crippen LogP contribution >= 0.6 is 15.9 Å². The lowest BCUT2D eigenvalue weighted by atomic mass is 10.4. The molecule has 1 aromatic heterocycles. The maximum Gasteiger partial charge on any atom is 0.323 e. The first kappa shape index (κ1) is 12.8. The molecule has 1 heterocycles. The van der Waals surface area contributed by atoms with Gasteiger partial charge in [-0.25, -0.2) is 0 Å². The summed E-state index contributed by atoms with van der Waals surface area (Å²) in [6, 6.07) is 1.49. The molecule has 6 heteroatoms. The summed E-state index contributed by atoms with van der Waals surface area (Å²) in [5.41, 5.74) is 0.0984. The van der Waals surface area contributed by atoms with E-state index >= 15 is 0 Å². The molecule has 0 fully saturated rings. The summed E-state index contributed by atoms with van der Waals surface area (Å²) in [6.07, 6.45) is 1.54. The molecule has 16 heavy (non-hydrogen) atoms. The van der Waals surface area contributed by atoms with Crippen molar-refractivity contribution in [1.29, 1.82) is 5.41 Å². The molecular weight excluding hydrogens is 276 g/mol. The summed E-state index contributed by atoms with van der Waals surface area (Å²) in [7, 11) is 0. The van der Waals surface area contributed by atoms with Crippen LogP contribution in [0.5, 0.6) is 5.75 Å². The Morgan fingerprint density at radius 2 is 2.31 bits per heavy atom. The van der Waals surface area contributed by atoms with Crippen molar-refractivity contribution in [2.24, 2.45) is 0 Å². The molecule has 5 nitrogen and oxygen atoms in total. The van der Waals surface area contributed by atoms with Gasteiger partial charge in [-0.15, -0.1) is 0 Å². The lowest BCUT2D eigenvalue weighted by Gasteiger charge is -2.13. The molecule has 88 valence electrons. The Balaban J connectivity index is 3.07. The molecule has 0 aliphatic heterocycles. The average Bonchev–Trinajstić information content (AvgIpc) is 2.11. The molecule has 0 aliphatic rings. The van der Waals surface area contributed by atoms with Gasteiger partial charge in [0.05, 0.1) is 10.6 Å². The quantitative estimate of drug-likeness (QED) is 0.884. The standard InChI is InChI=1S/C10H13BrN2O3/c1-6(2)16-8-3-9(12)13(4-7(8)11)5-10(14)15/h3-4,6,12H,5H2,1-2H3,(H,14,15).